The second-order valence-corrected chi connectivity index (χ2v) is 10.7. The van der Waals surface area contributed by atoms with Crippen LogP contribution in [0.1, 0.15) is 64.2 Å². The van der Waals surface area contributed by atoms with E-state index in [-0.39, 0.29) is 0 Å². The fourth-order valence-corrected chi connectivity index (χ4v) is 8.05. The molecule has 0 heterocycles. The minimum Gasteiger partial charge on any atom is -0.223 e. The molecule has 0 aliphatic heterocycles. The molecule has 0 N–H and O–H groups in total. The highest BCUT2D eigenvalue weighted by Crippen LogP contribution is 2.34. The molecule has 0 aromatic carbocycles. The van der Waals surface area contributed by atoms with Gasteiger partial charge in [-0.25, -0.2) is 16.8 Å². The van der Waals surface area contributed by atoms with Gasteiger partial charge in [-0.3, -0.25) is 0 Å². The normalized spacial score (nSPS) is 23.6. The number of hydrogen-bond acceptors (Lipinski definition) is 4. The zero-order chi connectivity index (χ0) is 14.8. The maximum Gasteiger partial charge on any atom is 0.191 e. The number of hydrogen-bond donors (Lipinski definition) is 0. The fraction of sp³-hybridized carbons (Fsp3) is 0.857. The van der Waals surface area contributed by atoms with Gasteiger partial charge in [-0.1, -0.05) is 45.1 Å². The lowest BCUT2D eigenvalue weighted by Gasteiger charge is -2.26. The summed E-state index contributed by atoms with van der Waals surface area (Å²) in [5.74, 6) is 0. The molecule has 0 spiro atoms. The van der Waals surface area contributed by atoms with Crippen molar-refractivity contribution < 1.29 is 16.8 Å². The van der Waals surface area contributed by atoms with Gasteiger partial charge in [0.25, 0.3) is 0 Å². The van der Waals surface area contributed by atoms with E-state index in [1.807, 2.05) is 0 Å². The van der Waals surface area contributed by atoms with E-state index in [1.54, 1.807) is 0 Å². The maximum absolute atomic E-state index is 12.5. The molecule has 0 amide bonds. The molecular weight excluding hydrogens is 296 g/mol. The van der Waals surface area contributed by atoms with Crippen LogP contribution in [-0.4, -0.2) is 27.3 Å². The van der Waals surface area contributed by atoms with Gasteiger partial charge < -0.3 is 0 Å². The standard InChI is InChI=1S/C14H24O4S2/c1-12(19(15,16)13-8-4-2-5-9-13)20(17,18)14-10-6-3-7-11-14/h13-14H,1-11H2. The van der Waals surface area contributed by atoms with Crippen molar-refractivity contribution in [3.8, 4) is 0 Å². The van der Waals surface area contributed by atoms with Crippen LogP contribution in [0.5, 0.6) is 0 Å². The first-order chi connectivity index (χ1) is 9.37. The van der Waals surface area contributed by atoms with Crippen LogP contribution in [0.15, 0.2) is 10.8 Å². The number of sulfone groups is 2. The molecule has 20 heavy (non-hydrogen) atoms. The molecule has 2 rings (SSSR count). The molecule has 0 aromatic heterocycles. The van der Waals surface area contributed by atoms with Crippen molar-refractivity contribution in [1.29, 1.82) is 0 Å². The summed E-state index contributed by atoms with van der Waals surface area (Å²) in [5, 5.41) is -1.08. The highest BCUT2D eigenvalue weighted by Gasteiger charge is 2.40. The second kappa shape index (κ2) is 6.18. The van der Waals surface area contributed by atoms with E-state index in [0.717, 1.165) is 38.5 Å². The van der Waals surface area contributed by atoms with Crippen molar-refractivity contribution in [2.75, 3.05) is 0 Å². The van der Waals surface area contributed by atoms with Crippen LogP contribution in [0.2, 0.25) is 0 Å². The minimum absolute atomic E-state index is 0.510. The summed E-state index contributed by atoms with van der Waals surface area (Å²) in [7, 11) is -7.50. The third-order valence-corrected chi connectivity index (χ3v) is 9.98. The van der Waals surface area contributed by atoms with Gasteiger partial charge in [0, 0.05) is 0 Å². The third-order valence-electron chi connectivity index (χ3n) is 4.62. The Kier molecular flexibility index (Phi) is 4.95. The molecule has 0 aromatic rings. The molecule has 2 saturated carbocycles. The monoisotopic (exact) mass is 320 g/mol. The van der Waals surface area contributed by atoms with E-state index < -0.39 is 34.4 Å². The molecule has 4 nitrogen and oxygen atoms in total. The largest absolute Gasteiger partial charge is 0.223 e. The average molecular weight is 320 g/mol. The van der Waals surface area contributed by atoms with Crippen LogP contribution in [-0.2, 0) is 19.7 Å². The topological polar surface area (TPSA) is 68.3 Å². The van der Waals surface area contributed by atoms with Crippen molar-refractivity contribution >= 4 is 19.7 Å². The molecule has 0 unspecified atom stereocenters. The van der Waals surface area contributed by atoms with E-state index in [1.165, 1.54) is 0 Å². The lowest BCUT2D eigenvalue weighted by molar-refractivity contribution is 0.482. The molecular formula is C14H24O4S2. The average Bonchev–Trinajstić information content (AvgIpc) is 2.48. The molecule has 2 aliphatic carbocycles. The lowest BCUT2D eigenvalue weighted by atomic mass is 10.0. The first kappa shape index (κ1) is 16.0. The zero-order valence-corrected chi connectivity index (χ0v) is 13.5. The zero-order valence-electron chi connectivity index (χ0n) is 11.9. The third kappa shape index (κ3) is 3.11. The Labute approximate surface area is 122 Å². The highest BCUT2D eigenvalue weighted by atomic mass is 32.3. The van der Waals surface area contributed by atoms with Crippen molar-refractivity contribution in [3.63, 3.8) is 0 Å². The van der Waals surface area contributed by atoms with E-state index in [4.69, 9.17) is 0 Å². The second-order valence-electron chi connectivity index (χ2n) is 5.98. The molecule has 0 radical (unpaired) electrons. The van der Waals surface area contributed by atoms with Gasteiger partial charge in [0.2, 0.25) is 0 Å². The summed E-state index contributed by atoms with van der Waals surface area (Å²) >= 11 is 0. The maximum atomic E-state index is 12.5. The smallest absolute Gasteiger partial charge is 0.191 e. The van der Waals surface area contributed by atoms with Gasteiger partial charge in [-0.05, 0) is 25.7 Å². The Morgan fingerprint density at radius 1 is 0.650 bits per heavy atom. The Balaban J connectivity index is 2.20. The van der Waals surface area contributed by atoms with E-state index in [0.29, 0.717) is 25.7 Å². The summed E-state index contributed by atoms with van der Waals surface area (Å²) in [4.78, 5) is 0. The van der Waals surface area contributed by atoms with Crippen molar-refractivity contribution in [1.82, 2.24) is 0 Å². The summed E-state index contributed by atoms with van der Waals surface area (Å²) in [6, 6.07) is 0. The lowest BCUT2D eigenvalue weighted by Crippen LogP contribution is -2.33. The summed E-state index contributed by atoms with van der Waals surface area (Å²) in [6.07, 6.45) is 7.80. The van der Waals surface area contributed by atoms with Crippen molar-refractivity contribution in [3.05, 3.63) is 10.8 Å². The van der Waals surface area contributed by atoms with Crippen LogP contribution in [0.25, 0.3) is 0 Å². The highest BCUT2D eigenvalue weighted by molar-refractivity contribution is 8.14. The van der Waals surface area contributed by atoms with Gasteiger partial charge >= 0.3 is 0 Å². The van der Waals surface area contributed by atoms with Gasteiger partial charge in [0.05, 0.1) is 10.5 Å². The van der Waals surface area contributed by atoms with Gasteiger partial charge in [0.15, 0.2) is 23.9 Å². The predicted octanol–water partition coefficient (Wildman–Crippen LogP) is 2.95. The molecule has 6 heteroatoms. The van der Waals surface area contributed by atoms with E-state index >= 15 is 0 Å². The van der Waals surface area contributed by atoms with Crippen LogP contribution < -0.4 is 0 Å². The quantitative estimate of drug-likeness (QED) is 0.798. The SMILES string of the molecule is C=C(S(=O)(=O)C1CCCCC1)S(=O)(=O)C1CCCCC1. The van der Waals surface area contributed by atoms with Gasteiger partial charge in [0.1, 0.15) is 0 Å². The number of rotatable bonds is 4. The predicted molar refractivity (Wildman–Crippen MR) is 80.7 cm³/mol. The van der Waals surface area contributed by atoms with E-state index in [2.05, 4.69) is 6.58 Å². The first-order valence-electron chi connectivity index (χ1n) is 7.53. The summed E-state index contributed by atoms with van der Waals surface area (Å²) in [6.45, 7) is 3.47. The minimum atomic E-state index is -3.75. The van der Waals surface area contributed by atoms with Crippen molar-refractivity contribution in [2.24, 2.45) is 0 Å². The Hall–Kier alpha value is -0.360. The Morgan fingerprint density at radius 2 is 0.950 bits per heavy atom. The van der Waals surface area contributed by atoms with Gasteiger partial charge in [-0.15, -0.1) is 0 Å². The van der Waals surface area contributed by atoms with Gasteiger partial charge in [-0.2, -0.15) is 0 Å². The van der Waals surface area contributed by atoms with Crippen LogP contribution in [0.3, 0.4) is 0 Å². The van der Waals surface area contributed by atoms with Crippen molar-refractivity contribution in [2.45, 2.75) is 74.7 Å². The van der Waals surface area contributed by atoms with Crippen LogP contribution >= 0.6 is 0 Å². The molecule has 0 bridgehead atoms. The molecule has 2 aliphatic rings. The Bertz CT molecular complexity index is 498. The summed E-state index contributed by atoms with van der Waals surface area (Å²) in [5.41, 5.74) is 0. The molecule has 2 fully saturated rings. The summed E-state index contributed by atoms with van der Waals surface area (Å²) < 4.78 is 49.5. The van der Waals surface area contributed by atoms with Crippen LogP contribution in [0, 0.1) is 0 Å². The molecule has 0 atom stereocenters. The molecule has 0 saturated heterocycles. The Morgan fingerprint density at radius 3 is 1.25 bits per heavy atom. The fourth-order valence-electron chi connectivity index (χ4n) is 3.28. The first-order valence-corrected chi connectivity index (χ1v) is 10.6. The molecule has 116 valence electrons. The van der Waals surface area contributed by atoms with Crippen LogP contribution in [0.4, 0.5) is 0 Å². The van der Waals surface area contributed by atoms with E-state index in [9.17, 15) is 16.8 Å².